The number of aromatic nitrogens is 1. The van der Waals surface area contributed by atoms with Crippen LogP contribution < -0.4 is 10.6 Å². The summed E-state index contributed by atoms with van der Waals surface area (Å²) in [7, 11) is 1.52. The average Bonchev–Trinajstić information content (AvgIpc) is 2.49. The van der Waals surface area contributed by atoms with Crippen molar-refractivity contribution in [3.05, 3.63) is 57.8 Å². The maximum atomic E-state index is 12.2. The zero-order valence-electron chi connectivity index (χ0n) is 11.0. The van der Waals surface area contributed by atoms with E-state index in [1.165, 1.54) is 19.3 Å². The van der Waals surface area contributed by atoms with Gasteiger partial charge in [-0.1, -0.05) is 35.3 Å². The minimum atomic E-state index is -0.433. The van der Waals surface area contributed by atoms with E-state index in [4.69, 9.17) is 23.2 Å². The van der Waals surface area contributed by atoms with Crippen molar-refractivity contribution < 1.29 is 9.59 Å². The maximum absolute atomic E-state index is 12.2. The third-order valence-electron chi connectivity index (χ3n) is 2.71. The van der Waals surface area contributed by atoms with Crippen LogP contribution in [0.3, 0.4) is 0 Å². The van der Waals surface area contributed by atoms with E-state index in [0.29, 0.717) is 11.3 Å². The van der Waals surface area contributed by atoms with Crippen LogP contribution in [0.2, 0.25) is 10.2 Å². The topological polar surface area (TPSA) is 71.1 Å². The quantitative estimate of drug-likeness (QED) is 0.853. The number of rotatable bonds is 3. The van der Waals surface area contributed by atoms with Crippen LogP contribution in [0.15, 0.2) is 36.5 Å². The first-order valence-electron chi connectivity index (χ1n) is 5.96. The van der Waals surface area contributed by atoms with Gasteiger partial charge in [-0.15, -0.1) is 0 Å². The van der Waals surface area contributed by atoms with Crippen molar-refractivity contribution in [2.75, 3.05) is 12.4 Å². The summed E-state index contributed by atoms with van der Waals surface area (Å²) < 4.78 is 0. The number of pyridine rings is 1. The second-order valence-corrected chi connectivity index (χ2v) is 4.84. The van der Waals surface area contributed by atoms with Gasteiger partial charge in [-0.3, -0.25) is 9.59 Å². The van der Waals surface area contributed by atoms with Crippen LogP contribution in [0, 0.1) is 0 Å². The predicted octanol–water partition coefficient (Wildman–Crippen LogP) is 3.00. The number of nitrogens with one attached hydrogen (secondary N) is 2. The van der Waals surface area contributed by atoms with Gasteiger partial charge in [0, 0.05) is 13.2 Å². The van der Waals surface area contributed by atoms with Gasteiger partial charge in [0.1, 0.15) is 5.15 Å². The summed E-state index contributed by atoms with van der Waals surface area (Å²) >= 11 is 11.5. The highest BCUT2D eigenvalue weighted by atomic mass is 35.5. The summed E-state index contributed by atoms with van der Waals surface area (Å²) in [5.74, 6) is -0.726. The van der Waals surface area contributed by atoms with E-state index in [9.17, 15) is 9.59 Å². The monoisotopic (exact) mass is 323 g/mol. The molecule has 108 valence electrons. The predicted molar refractivity (Wildman–Crippen MR) is 82.0 cm³/mol. The first kappa shape index (κ1) is 15.3. The van der Waals surface area contributed by atoms with E-state index in [0.717, 1.165) is 0 Å². The van der Waals surface area contributed by atoms with Gasteiger partial charge >= 0.3 is 0 Å². The van der Waals surface area contributed by atoms with Crippen molar-refractivity contribution in [2.24, 2.45) is 0 Å². The lowest BCUT2D eigenvalue weighted by Gasteiger charge is -2.10. The highest BCUT2D eigenvalue weighted by Crippen LogP contribution is 2.21. The summed E-state index contributed by atoms with van der Waals surface area (Å²) in [6.45, 7) is 0. The molecule has 21 heavy (non-hydrogen) atoms. The fourth-order valence-corrected chi connectivity index (χ4v) is 1.93. The third kappa shape index (κ3) is 3.51. The molecule has 0 radical (unpaired) electrons. The number of anilines is 1. The average molecular weight is 324 g/mol. The molecule has 7 heteroatoms. The van der Waals surface area contributed by atoms with Crippen LogP contribution in [0.5, 0.6) is 0 Å². The molecule has 0 saturated carbocycles. The number of para-hydroxylation sites is 1. The molecule has 0 atom stereocenters. The van der Waals surface area contributed by atoms with E-state index in [2.05, 4.69) is 15.6 Å². The minimum Gasteiger partial charge on any atom is -0.355 e. The maximum Gasteiger partial charge on any atom is 0.257 e. The molecule has 5 nitrogen and oxygen atoms in total. The fraction of sp³-hybridized carbons (Fsp3) is 0.0714. The first-order chi connectivity index (χ1) is 10.0. The molecule has 0 aliphatic carbocycles. The molecule has 0 aliphatic heterocycles. The Bertz CT molecular complexity index is 704. The number of carbonyl (C=O) groups is 2. The molecule has 0 saturated heterocycles. The molecule has 2 aromatic rings. The molecule has 1 heterocycles. The SMILES string of the molecule is CNC(=O)c1ccccc1NC(=O)c1cnc(Cl)c(Cl)c1. The van der Waals surface area contributed by atoms with Crippen molar-refractivity contribution in [1.82, 2.24) is 10.3 Å². The Labute approximate surface area is 131 Å². The highest BCUT2D eigenvalue weighted by molar-refractivity contribution is 6.41. The van der Waals surface area contributed by atoms with Crippen LogP contribution in [0.1, 0.15) is 20.7 Å². The summed E-state index contributed by atoms with van der Waals surface area (Å²) in [5, 5.41) is 5.47. The molecule has 2 rings (SSSR count). The number of carbonyl (C=O) groups excluding carboxylic acids is 2. The third-order valence-corrected chi connectivity index (χ3v) is 3.39. The highest BCUT2D eigenvalue weighted by Gasteiger charge is 2.14. The van der Waals surface area contributed by atoms with Crippen LogP contribution >= 0.6 is 23.2 Å². The molecule has 0 fully saturated rings. The molecule has 0 unspecified atom stereocenters. The van der Waals surface area contributed by atoms with Crippen molar-refractivity contribution in [3.63, 3.8) is 0 Å². The standard InChI is InChI=1S/C14H11Cl2N3O2/c1-17-14(21)9-4-2-3-5-11(9)19-13(20)8-6-10(15)12(16)18-7-8/h2-7H,1H3,(H,17,21)(H,19,20). The van der Waals surface area contributed by atoms with E-state index in [1.807, 2.05) is 0 Å². The summed E-state index contributed by atoms with van der Waals surface area (Å²) in [6, 6.07) is 8.08. The fourth-order valence-electron chi connectivity index (χ4n) is 1.66. The normalized spacial score (nSPS) is 10.0. The number of hydrogen-bond donors (Lipinski definition) is 2. The molecule has 1 aromatic carbocycles. The Morgan fingerprint density at radius 2 is 1.86 bits per heavy atom. The van der Waals surface area contributed by atoms with E-state index in [1.54, 1.807) is 24.3 Å². The Kier molecular flexibility index (Phi) is 4.77. The van der Waals surface area contributed by atoms with Gasteiger partial charge in [0.05, 0.1) is 21.8 Å². The van der Waals surface area contributed by atoms with E-state index in [-0.39, 0.29) is 21.6 Å². The van der Waals surface area contributed by atoms with Gasteiger partial charge in [0.2, 0.25) is 0 Å². The molecule has 2 N–H and O–H groups in total. The number of benzene rings is 1. The lowest BCUT2D eigenvalue weighted by molar-refractivity contribution is 0.0964. The Balaban J connectivity index is 2.27. The second kappa shape index (κ2) is 6.56. The number of amides is 2. The van der Waals surface area contributed by atoms with Crippen molar-refractivity contribution >= 4 is 40.7 Å². The summed E-state index contributed by atoms with van der Waals surface area (Å²) in [6.07, 6.45) is 1.31. The Morgan fingerprint density at radius 3 is 2.52 bits per heavy atom. The molecular weight excluding hydrogens is 313 g/mol. The van der Waals surface area contributed by atoms with E-state index >= 15 is 0 Å². The first-order valence-corrected chi connectivity index (χ1v) is 6.72. The smallest absolute Gasteiger partial charge is 0.257 e. The zero-order chi connectivity index (χ0) is 15.4. The molecule has 2 amide bonds. The van der Waals surface area contributed by atoms with Gasteiger partial charge in [-0.2, -0.15) is 0 Å². The molecule has 0 bridgehead atoms. The number of hydrogen-bond acceptors (Lipinski definition) is 3. The Hall–Kier alpha value is -2.11. The lowest BCUT2D eigenvalue weighted by Crippen LogP contribution is -2.21. The minimum absolute atomic E-state index is 0.124. The van der Waals surface area contributed by atoms with Crippen LogP contribution in [-0.4, -0.2) is 23.8 Å². The number of nitrogens with zero attached hydrogens (tertiary/aromatic N) is 1. The van der Waals surface area contributed by atoms with Gasteiger partial charge in [-0.25, -0.2) is 4.98 Å². The van der Waals surface area contributed by atoms with Crippen molar-refractivity contribution in [1.29, 1.82) is 0 Å². The lowest BCUT2D eigenvalue weighted by atomic mass is 10.1. The van der Waals surface area contributed by atoms with Gasteiger partial charge in [0.15, 0.2) is 0 Å². The summed E-state index contributed by atoms with van der Waals surface area (Å²) in [4.78, 5) is 27.7. The van der Waals surface area contributed by atoms with Gasteiger partial charge in [-0.05, 0) is 18.2 Å². The van der Waals surface area contributed by atoms with Crippen LogP contribution in [0.25, 0.3) is 0 Å². The van der Waals surface area contributed by atoms with Crippen molar-refractivity contribution in [2.45, 2.75) is 0 Å². The second-order valence-electron chi connectivity index (χ2n) is 4.08. The molecule has 1 aromatic heterocycles. The summed E-state index contributed by atoms with van der Waals surface area (Å²) in [5.41, 5.74) is 1.01. The number of halogens is 2. The van der Waals surface area contributed by atoms with Gasteiger partial charge < -0.3 is 10.6 Å². The van der Waals surface area contributed by atoms with E-state index < -0.39 is 5.91 Å². The zero-order valence-corrected chi connectivity index (χ0v) is 12.5. The van der Waals surface area contributed by atoms with Crippen LogP contribution in [0.4, 0.5) is 5.69 Å². The molecule has 0 spiro atoms. The molecular formula is C14H11Cl2N3O2. The largest absolute Gasteiger partial charge is 0.355 e. The van der Waals surface area contributed by atoms with Crippen molar-refractivity contribution in [3.8, 4) is 0 Å². The van der Waals surface area contributed by atoms with Crippen LogP contribution in [-0.2, 0) is 0 Å². The molecule has 0 aliphatic rings. The Morgan fingerprint density at radius 1 is 1.14 bits per heavy atom. The van der Waals surface area contributed by atoms with Gasteiger partial charge in [0.25, 0.3) is 11.8 Å².